The molecule has 0 unspecified atom stereocenters. The fourth-order valence-corrected chi connectivity index (χ4v) is 3.00. The van der Waals surface area contributed by atoms with E-state index in [-0.39, 0.29) is 5.78 Å². The first-order valence-electron chi connectivity index (χ1n) is 8.51. The zero-order chi connectivity index (χ0) is 17.9. The Bertz CT molecular complexity index is 973. The van der Waals surface area contributed by atoms with Gasteiger partial charge in [0.1, 0.15) is 18.1 Å². The van der Waals surface area contributed by atoms with Crippen LogP contribution < -0.4 is 9.47 Å². The number of fused-ring (bicyclic) bond motifs is 1. The van der Waals surface area contributed by atoms with Crippen LogP contribution in [0.15, 0.2) is 78.6 Å². The lowest BCUT2D eigenvalue weighted by molar-refractivity contribution is 0.101. The number of rotatable bonds is 4. The summed E-state index contributed by atoms with van der Waals surface area (Å²) in [5, 5.41) is 0. The molecule has 0 radical (unpaired) electrons. The van der Waals surface area contributed by atoms with Crippen molar-refractivity contribution in [3.63, 3.8) is 0 Å². The van der Waals surface area contributed by atoms with E-state index in [4.69, 9.17) is 9.47 Å². The molecule has 0 amide bonds. The topological polar surface area (TPSA) is 35.5 Å². The highest BCUT2D eigenvalue weighted by atomic mass is 16.5. The van der Waals surface area contributed by atoms with Crippen molar-refractivity contribution < 1.29 is 14.3 Å². The summed E-state index contributed by atoms with van der Waals surface area (Å²) in [4.78, 5) is 12.7. The minimum absolute atomic E-state index is 0.0871. The third kappa shape index (κ3) is 3.24. The Morgan fingerprint density at radius 3 is 2.38 bits per heavy atom. The van der Waals surface area contributed by atoms with Gasteiger partial charge < -0.3 is 9.47 Å². The van der Waals surface area contributed by atoms with E-state index >= 15 is 0 Å². The zero-order valence-corrected chi connectivity index (χ0v) is 14.4. The molecule has 0 saturated heterocycles. The fraction of sp³-hybridized carbons (Fsp3) is 0.0870. The molecule has 26 heavy (non-hydrogen) atoms. The van der Waals surface area contributed by atoms with Crippen LogP contribution in [0.4, 0.5) is 0 Å². The largest absolute Gasteiger partial charge is 0.489 e. The number of carbonyl (C=O) groups excluding carboxylic acids is 1. The van der Waals surface area contributed by atoms with E-state index in [0.29, 0.717) is 29.4 Å². The van der Waals surface area contributed by atoms with Gasteiger partial charge >= 0.3 is 0 Å². The molecule has 0 aliphatic carbocycles. The van der Waals surface area contributed by atoms with Crippen LogP contribution in [0.1, 0.15) is 27.0 Å². The lowest BCUT2D eigenvalue weighted by Crippen LogP contribution is -2.00. The Hall–Kier alpha value is -3.33. The van der Waals surface area contributed by atoms with Crippen molar-refractivity contribution in [2.45, 2.75) is 13.5 Å². The van der Waals surface area contributed by atoms with Crippen LogP contribution in [0.25, 0.3) is 6.08 Å². The summed E-state index contributed by atoms with van der Waals surface area (Å²) in [7, 11) is 0. The Morgan fingerprint density at radius 1 is 0.962 bits per heavy atom. The van der Waals surface area contributed by atoms with Crippen LogP contribution in [0.5, 0.6) is 11.5 Å². The second-order valence-electron chi connectivity index (χ2n) is 6.24. The van der Waals surface area contributed by atoms with Gasteiger partial charge in [0.05, 0.1) is 5.56 Å². The Balaban J connectivity index is 1.58. The van der Waals surface area contributed by atoms with Crippen molar-refractivity contribution in [2.75, 3.05) is 0 Å². The molecule has 4 rings (SSSR count). The molecule has 0 aromatic heterocycles. The van der Waals surface area contributed by atoms with Crippen molar-refractivity contribution in [2.24, 2.45) is 0 Å². The van der Waals surface area contributed by atoms with Crippen molar-refractivity contribution in [3.05, 3.63) is 101 Å². The third-order valence-electron chi connectivity index (χ3n) is 4.29. The van der Waals surface area contributed by atoms with Crippen LogP contribution in [-0.2, 0) is 6.61 Å². The summed E-state index contributed by atoms with van der Waals surface area (Å²) in [5.74, 6) is 1.50. The molecule has 0 spiro atoms. The van der Waals surface area contributed by atoms with Crippen molar-refractivity contribution in [1.82, 2.24) is 0 Å². The number of Topliss-reactive ketones (excluding diaryl/α,β-unsaturated/α-hetero) is 1. The fourth-order valence-electron chi connectivity index (χ4n) is 3.00. The SMILES string of the molecule is Cc1cc(OCc2ccccc2)cc2c1C(=O)/C(=C/c1ccccc1)O2. The van der Waals surface area contributed by atoms with E-state index in [0.717, 1.165) is 16.7 Å². The molecule has 1 heterocycles. The molecule has 0 fully saturated rings. The standard InChI is InChI=1S/C23H18O3/c1-16-12-19(25-15-18-10-6-3-7-11-18)14-20-22(16)23(24)21(26-20)13-17-8-4-2-5-9-17/h2-14H,15H2,1H3/b21-13-. The number of ketones is 1. The summed E-state index contributed by atoms with van der Waals surface area (Å²) >= 11 is 0. The maximum absolute atomic E-state index is 12.7. The van der Waals surface area contributed by atoms with E-state index in [1.807, 2.05) is 73.7 Å². The molecular formula is C23H18O3. The molecule has 1 aliphatic rings. The molecule has 1 aliphatic heterocycles. The number of hydrogen-bond acceptors (Lipinski definition) is 3. The molecule has 128 valence electrons. The minimum Gasteiger partial charge on any atom is -0.489 e. The normalized spacial score (nSPS) is 14.2. The number of aryl methyl sites for hydroxylation is 1. The highest BCUT2D eigenvalue weighted by Gasteiger charge is 2.29. The molecule has 0 bridgehead atoms. The zero-order valence-electron chi connectivity index (χ0n) is 14.4. The lowest BCUT2D eigenvalue weighted by Gasteiger charge is -2.09. The van der Waals surface area contributed by atoms with Crippen LogP contribution in [0.2, 0.25) is 0 Å². The summed E-state index contributed by atoms with van der Waals surface area (Å²) in [5.41, 5.74) is 3.49. The van der Waals surface area contributed by atoms with Crippen molar-refractivity contribution in [1.29, 1.82) is 0 Å². The molecule has 0 N–H and O–H groups in total. The van der Waals surface area contributed by atoms with Gasteiger partial charge in [-0.2, -0.15) is 0 Å². The summed E-state index contributed by atoms with van der Waals surface area (Å²) < 4.78 is 11.7. The van der Waals surface area contributed by atoms with Gasteiger partial charge in [-0.05, 0) is 35.8 Å². The predicted octanol–water partition coefficient (Wildman–Crippen LogP) is 5.19. The van der Waals surface area contributed by atoms with Gasteiger partial charge in [0, 0.05) is 6.07 Å². The smallest absolute Gasteiger partial charge is 0.232 e. The predicted molar refractivity (Wildman–Crippen MR) is 101 cm³/mol. The maximum Gasteiger partial charge on any atom is 0.232 e. The van der Waals surface area contributed by atoms with Gasteiger partial charge in [-0.1, -0.05) is 60.7 Å². The third-order valence-corrected chi connectivity index (χ3v) is 4.29. The number of allylic oxidation sites excluding steroid dienone is 1. The van der Waals surface area contributed by atoms with Gasteiger partial charge in [0.15, 0.2) is 5.76 Å². The second kappa shape index (κ2) is 6.89. The first-order chi connectivity index (χ1) is 12.7. The first-order valence-corrected chi connectivity index (χ1v) is 8.51. The van der Waals surface area contributed by atoms with E-state index in [2.05, 4.69) is 0 Å². The highest BCUT2D eigenvalue weighted by molar-refractivity contribution is 6.15. The van der Waals surface area contributed by atoms with Crippen LogP contribution in [-0.4, -0.2) is 5.78 Å². The van der Waals surface area contributed by atoms with E-state index in [1.54, 1.807) is 12.1 Å². The minimum atomic E-state index is -0.0871. The van der Waals surface area contributed by atoms with E-state index < -0.39 is 0 Å². The Morgan fingerprint density at radius 2 is 1.65 bits per heavy atom. The summed E-state index contributed by atoms with van der Waals surface area (Å²) in [6.07, 6.45) is 1.77. The number of ether oxygens (including phenoxy) is 2. The number of benzene rings is 3. The van der Waals surface area contributed by atoms with Crippen LogP contribution in [0.3, 0.4) is 0 Å². The summed E-state index contributed by atoms with van der Waals surface area (Å²) in [6.45, 7) is 2.38. The van der Waals surface area contributed by atoms with Crippen LogP contribution in [0, 0.1) is 6.92 Å². The monoisotopic (exact) mass is 342 g/mol. The number of carbonyl (C=O) groups is 1. The average Bonchev–Trinajstić information content (AvgIpc) is 2.98. The van der Waals surface area contributed by atoms with Crippen molar-refractivity contribution >= 4 is 11.9 Å². The molecular weight excluding hydrogens is 324 g/mol. The average molecular weight is 342 g/mol. The molecule has 0 saturated carbocycles. The van der Waals surface area contributed by atoms with Gasteiger partial charge in [-0.15, -0.1) is 0 Å². The quantitative estimate of drug-likeness (QED) is 0.612. The van der Waals surface area contributed by atoms with Gasteiger partial charge in [-0.3, -0.25) is 4.79 Å². The number of hydrogen-bond donors (Lipinski definition) is 0. The molecule has 3 aromatic carbocycles. The molecule has 3 heteroatoms. The Labute approximate surface area is 152 Å². The molecule has 3 nitrogen and oxygen atoms in total. The van der Waals surface area contributed by atoms with Crippen molar-refractivity contribution in [3.8, 4) is 11.5 Å². The van der Waals surface area contributed by atoms with Gasteiger partial charge in [-0.25, -0.2) is 0 Å². The van der Waals surface area contributed by atoms with Crippen LogP contribution >= 0.6 is 0 Å². The van der Waals surface area contributed by atoms with E-state index in [9.17, 15) is 4.79 Å². The Kier molecular flexibility index (Phi) is 4.28. The molecule has 3 aromatic rings. The second-order valence-corrected chi connectivity index (χ2v) is 6.24. The summed E-state index contributed by atoms with van der Waals surface area (Å²) in [6, 6.07) is 23.3. The van der Waals surface area contributed by atoms with E-state index in [1.165, 1.54) is 0 Å². The first kappa shape index (κ1) is 16.2. The molecule has 0 atom stereocenters. The lowest BCUT2D eigenvalue weighted by atomic mass is 10.0. The maximum atomic E-state index is 12.7. The van der Waals surface area contributed by atoms with Gasteiger partial charge in [0.25, 0.3) is 0 Å². The van der Waals surface area contributed by atoms with Gasteiger partial charge in [0.2, 0.25) is 5.78 Å². The highest BCUT2D eigenvalue weighted by Crippen LogP contribution is 2.37.